The molecule has 7 rings (SSSR count). The average molecular weight is 463 g/mol. The Morgan fingerprint density at radius 1 is 1.09 bits per heavy atom. The van der Waals surface area contributed by atoms with E-state index in [4.69, 9.17) is 18.9 Å². The molecule has 182 valence electrons. The largest absolute Gasteiger partial charge is 0.392 e. The summed E-state index contributed by atoms with van der Waals surface area (Å²) in [5, 5.41) is 45.7. The van der Waals surface area contributed by atoms with Crippen LogP contribution in [0.2, 0.25) is 0 Å². The minimum absolute atomic E-state index is 0.102. The van der Waals surface area contributed by atoms with E-state index in [1.165, 1.54) is 11.1 Å². The minimum Gasteiger partial charge on any atom is -0.392 e. The Balaban J connectivity index is 1.43. The molecule has 5 fully saturated rings. The van der Waals surface area contributed by atoms with E-state index in [0.717, 1.165) is 12.8 Å². The van der Waals surface area contributed by atoms with E-state index in [1.54, 1.807) is 0 Å². The summed E-state index contributed by atoms with van der Waals surface area (Å²) in [4.78, 5) is 0. The van der Waals surface area contributed by atoms with Crippen LogP contribution in [0.4, 0.5) is 0 Å². The molecule has 7 aliphatic rings. The summed E-state index contributed by atoms with van der Waals surface area (Å²) in [5.74, 6) is -4.70. The maximum absolute atomic E-state index is 12.0. The van der Waals surface area contributed by atoms with Crippen LogP contribution >= 0.6 is 0 Å². The maximum atomic E-state index is 12.0. The van der Waals surface area contributed by atoms with Crippen molar-refractivity contribution in [2.45, 2.75) is 95.3 Å². The van der Waals surface area contributed by atoms with Gasteiger partial charge in [0.2, 0.25) is 0 Å². The quantitative estimate of drug-likeness (QED) is 0.431. The summed E-state index contributed by atoms with van der Waals surface area (Å²) in [6.07, 6.45) is 2.11. The monoisotopic (exact) mass is 462 g/mol. The van der Waals surface area contributed by atoms with E-state index in [1.807, 2.05) is 0 Å². The van der Waals surface area contributed by atoms with Gasteiger partial charge in [0.15, 0.2) is 18.2 Å². The number of allylic oxidation sites excluding steroid dienone is 1. The zero-order valence-corrected chi connectivity index (χ0v) is 19.6. The molecule has 0 unspecified atom stereocenters. The first-order valence-electron chi connectivity index (χ1n) is 12.3. The highest BCUT2D eigenvalue weighted by atomic mass is 16.9. The summed E-state index contributed by atoms with van der Waals surface area (Å²) in [7, 11) is 0. The van der Waals surface area contributed by atoms with Gasteiger partial charge in [0, 0.05) is 10.8 Å². The van der Waals surface area contributed by atoms with Crippen molar-refractivity contribution < 1.29 is 39.4 Å². The van der Waals surface area contributed by atoms with Crippen LogP contribution in [0.5, 0.6) is 0 Å². The minimum atomic E-state index is -2.34. The van der Waals surface area contributed by atoms with Gasteiger partial charge in [-0.2, -0.15) is 0 Å². The zero-order valence-electron chi connectivity index (χ0n) is 19.6. The van der Waals surface area contributed by atoms with E-state index >= 15 is 0 Å². The van der Waals surface area contributed by atoms with E-state index in [2.05, 4.69) is 33.8 Å². The number of aliphatic hydroxyl groups is 4. The van der Waals surface area contributed by atoms with Crippen molar-refractivity contribution >= 4 is 0 Å². The second kappa shape index (κ2) is 5.93. The Bertz CT molecular complexity index is 1010. The molecule has 11 atom stereocenters. The molecule has 4 aliphatic heterocycles. The van der Waals surface area contributed by atoms with Gasteiger partial charge in [-0.3, -0.25) is 0 Å². The molecule has 2 bridgehead atoms. The highest BCUT2D eigenvalue weighted by Gasteiger charge is 2.86. The number of hydrogen-bond donors (Lipinski definition) is 4. The van der Waals surface area contributed by atoms with Gasteiger partial charge in [0.25, 0.3) is 11.6 Å². The zero-order chi connectivity index (χ0) is 23.3. The van der Waals surface area contributed by atoms with Crippen LogP contribution < -0.4 is 0 Å². The van der Waals surface area contributed by atoms with Crippen LogP contribution in [0, 0.1) is 28.6 Å². The van der Waals surface area contributed by atoms with E-state index in [9.17, 15) is 20.4 Å². The summed E-state index contributed by atoms with van der Waals surface area (Å²) < 4.78 is 23.9. The third-order valence-electron chi connectivity index (χ3n) is 10.5. The van der Waals surface area contributed by atoms with Crippen LogP contribution in [0.1, 0.15) is 53.4 Å². The highest BCUT2D eigenvalue weighted by Crippen LogP contribution is 2.70. The lowest BCUT2D eigenvalue weighted by Gasteiger charge is -2.54. The topological polar surface area (TPSA) is 118 Å². The van der Waals surface area contributed by atoms with Gasteiger partial charge >= 0.3 is 0 Å². The number of rotatable bonds is 1. The predicted molar refractivity (Wildman–Crippen MR) is 113 cm³/mol. The van der Waals surface area contributed by atoms with Crippen molar-refractivity contribution in [3.63, 3.8) is 0 Å². The van der Waals surface area contributed by atoms with Gasteiger partial charge in [-0.05, 0) is 43.1 Å². The Hall–Kier alpha value is -0.840. The molecule has 0 spiro atoms. The lowest BCUT2D eigenvalue weighted by Crippen LogP contribution is -2.77. The lowest BCUT2D eigenvalue weighted by atomic mass is 9.52. The molecule has 8 nitrogen and oxygen atoms in total. The van der Waals surface area contributed by atoms with Gasteiger partial charge in [0.1, 0.15) is 6.61 Å². The molecule has 4 heterocycles. The Morgan fingerprint density at radius 2 is 1.85 bits per heavy atom. The van der Waals surface area contributed by atoms with Crippen LogP contribution in [-0.4, -0.2) is 69.0 Å². The third-order valence-corrected chi connectivity index (χ3v) is 10.5. The Morgan fingerprint density at radius 3 is 2.58 bits per heavy atom. The van der Waals surface area contributed by atoms with Crippen molar-refractivity contribution in [2.75, 3.05) is 6.61 Å². The molecule has 8 heteroatoms. The standard InChI is InChI=1S/C25H34O8/c1-11(2)13-9-15(26)22(4)8-7-21(3)14(16(13)22)6-5-12-17-18(21)31-20-24(17,28)25(29)23(27,10-30-20)32-19(12)33-25/h5,11,14-15,17-20,26-29H,6-10H2,1-4H3/t14-,15+,17-,18+,19+,20+,21-,22+,23+,24+,25+/m1/s1. The predicted octanol–water partition coefficient (Wildman–Crippen LogP) is 1.32. The van der Waals surface area contributed by atoms with E-state index in [0.29, 0.717) is 24.3 Å². The lowest BCUT2D eigenvalue weighted by molar-refractivity contribution is -0.435. The fourth-order valence-electron chi connectivity index (χ4n) is 8.53. The summed E-state index contributed by atoms with van der Waals surface area (Å²) in [6.45, 7) is 8.43. The molecule has 0 amide bonds. The number of hydrogen-bond acceptors (Lipinski definition) is 8. The third kappa shape index (κ3) is 2.07. The van der Waals surface area contributed by atoms with Crippen LogP contribution in [0.15, 0.2) is 22.8 Å². The first-order valence-corrected chi connectivity index (χ1v) is 12.3. The maximum Gasteiger partial charge on any atom is 0.261 e. The SMILES string of the molecule is CC(C)C1=C2[C@H]3CC=C4[C@@H]5O[C@]6(O)[C@@]7(O)[C@@H](OC[C@]6(O)O5)O[C@@H]([C@@H]47)[C@]3(C)CC[C@@]2(C)[C@@H](O)C1. The van der Waals surface area contributed by atoms with Crippen molar-refractivity contribution in [3.05, 3.63) is 22.8 Å². The Kier molecular flexibility index (Phi) is 3.85. The molecule has 0 radical (unpaired) electrons. The first-order chi connectivity index (χ1) is 15.4. The molecule has 0 aromatic carbocycles. The molecular weight excluding hydrogens is 428 g/mol. The van der Waals surface area contributed by atoms with Gasteiger partial charge in [-0.25, -0.2) is 0 Å². The summed E-state index contributed by atoms with van der Waals surface area (Å²) >= 11 is 0. The summed E-state index contributed by atoms with van der Waals surface area (Å²) in [6, 6.07) is 0. The normalized spacial score (nSPS) is 60.6. The second-order valence-corrected chi connectivity index (χ2v) is 12.2. The van der Waals surface area contributed by atoms with Gasteiger partial charge in [-0.1, -0.05) is 44.9 Å². The van der Waals surface area contributed by atoms with Gasteiger partial charge in [0.05, 0.1) is 18.1 Å². The molecule has 1 saturated carbocycles. The van der Waals surface area contributed by atoms with Crippen molar-refractivity contribution in [3.8, 4) is 0 Å². The fraction of sp³-hybridized carbons (Fsp3) is 0.840. The molecule has 4 saturated heterocycles. The van der Waals surface area contributed by atoms with Crippen LogP contribution in [0.3, 0.4) is 0 Å². The number of aliphatic hydroxyl groups excluding tert-OH is 1. The summed E-state index contributed by atoms with van der Waals surface area (Å²) in [5.41, 5.74) is 0.732. The Labute approximate surface area is 193 Å². The van der Waals surface area contributed by atoms with Gasteiger partial charge in [-0.15, -0.1) is 0 Å². The number of ether oxygens (including phenoxy) is 4. The first kappa shape index (κ1) is 21.4. The number of fused-ring (bicyclic) bond motifs is 6. The van der Waals surface area contributed by atoms with Crippen molar-refractivity contribution in [1.82, 2.24) is 0 Å². The molecule has 4 N–H and O–H groups in total. The molecule has 33 heavy (non-hydrogen) atoms. The van der Waals surface area contributed by atoms with E-state index in [-0.39, 0.29) is 23.4 Å². The average Bonchev–Trinajstić information content (AvgIpc) is 3.27. The van der Waals surface area contributed by atoms with Crippen LogP contribution in [-0.2, 0) is 18.9 Å². The second-order valence-electron chi connectivity index (χ2n) is 12.2. The van der Waals surface area contributed by atoms with E-state index < -0.39 is 47.9 Å². The molecule has 0 aromatic rings. The molecular formula is C25H34O8. The van der Waals surface area contributed by atoms with Crippen LogP contribution in [0.25, 0.3) is 0 Å². The van der Waals surface area contributed by atoms with Gasteiger partial charge < -0.3 is 39.4 Å². The fourth-order valence-corrected chi connectivity index (χ4v) is 8.53. The smallest absolute Gasteiger partial charge is 0.261 e. The molecule has 0 aromatic heterocycles. The van der Waals surface area contributed by atoms with Crippen molar-refractivity contribution in [2.24, 2.45) is 28.6 Å². The molecule has 3 aliphatic carbocycles. The van der Waals surface area contributed by atoms with Crippen molar-refractivity contribution in [1.29, 1.82) is 0 Å². The highest BCUT2D eigenvalue weighted by molar-refractivity contribution is 5.42.